The van der Waals surface area contributed by atoms with E-state index >= 15 is 0 Å². The number of aldehydes is 1. The Labute approximate surface area is 171 Å². The van der Waals surface area contributed by atoms with Gasteiger partial charge in [-0.05, 0) is 0 Å². The Hall–Kier alpha value is -2.13. The third-order valence-electron chi connectivity index (χ3n) is 6.86. The van der Waals surface area contributed by atoms with E-state index in [1.54, 1.807) is 0 Å². The van der Waals surface area contributed by atoms with E-state index < -0.39 is 18.4 Å². The number of allylic oxidation sites excluding steroid dienone is 2. The van der Waals surface area contributed by atoms with Gasteiger partial charge in [0.25, 0.3) is 0 Å². The molecule has 1 nitrogen and oxygen atoms in total. The van der Waals surface area contributed by atoms with E-state index in [1.165, 1.54) is 17.0 Å². The summed E-state index contributed by atoms with van der Waals surface area (Å²) < 4.78 is 4.86. The van der Waals surface area contributed by atoms with Gasteiger partial charge in [0, 0.05) is 0 Å². The number of rotatable bonds is 5. The van der Waals surface area contributed by atoms with E-state index in [-0.39, 0.29) is 5.92 Å². The van der Waals surface area contributed by atoms with Crippen LogP contribution in [0.4, 0.5) is 0 Å². The van der Waals surface area contributed by atoms with E-state index in [0.29, 0.717) is 15.8 Å². The van der Waals surface area contributed by atoms with E-state index in [9.17, 15) is 4.79 Å². The SMILES string of the molecule is O=C[C@H]1[C@H]([Sn]([c]2ccccc2)([c]2ccccc2)[c]2ccccc2)[C@H]2C=C[C@@H]1C2. The zero-order chi connectivity index (χ0) is 19.0. The van der Waals surface area contributed by atoms with Crippen LogP contribution < -0.4 is 10.7 Å². The van der Waals surface area contributed by atoms with Crippen molar-refractivity contribution in [3.05, 3.63) is 103 Å². The van der Waals surface area contributed by atoms with Crippen LogP contribution in [0.1, 0.15) is 6.42 Å². The fourth-order valence-corrected chi connectivity index (χ4v) is 23.3. The molecule has 0 aromatic heterocycles. The molecule has 0 unspecified atom stereocenters. The predicted octanol–water partition coefficient (Wildman–Crippen LogP) is 3.55. The van der Waals surface area contributed by atoms with E-state index in [1.807, 2.05) is 0 Å². The first-order valence-corrected chi connectivity index (χ1v) is 16.1. The Morgan fingerprint density at radius 3 is 1.50 bits per heavy atom. The fraction of sp³-hybridized carbons (Fsp3) is 0.192. The summed E-state index contributed by atoms with van der Waals surface area (Å²) in [6.07, 6.45) is 7.13. The maximum absolute atomic E-state index is 12.3. The first kappa shape index (κ1) is 17.9. The molecular formula is C26H24OSn. The van der Waals surface area contributed by atoms with Crippen molar-refractivity contribution in [3.8, 4) is 0 Å². The molecule has 2 aliphatic rings. The molecule has 0 N–H and O–H groups in total. The number of hydrogen-bond donors (Lipinski definition) is 0. The standard InChI is InChI=1S/C8H9O.3C6H5.Sn/c9-5-8-4-6-1-2-7(8)3-6;3*1-2-4-6-5-3-1;/h1-2,4-8H,3H2;3*1-5H;/t6-,7+,8+;;;;/m0..../s1. The summed E-state index contributed by atoms with van der Waals surface area (Å²) in [5.41, 5.74) is 0. The zero-order valence-corrected chi connectivity index (χ0v) is 18.7. The Kier molecular flexibility index (Phi) is 4.72. The molecule has 5 rings (SSSR count). The Bertz CT molecular complexity index is 884. The van der Waals surface area contributed by atoms with Crippen LogP contribution in [0.15, 0.2) is 103 Å². The average Bonchev–Trinajstić information content (AvgIpc) is 3.39. The van der Waals surface area contributed by atoms with Gasteiger partial charge in [-0.1, -0.05) is 0 Å². The van der Waals surface area contributed by atoms with Crippen molar-refractivity contribution in [2.75, 3.05) is 0 Å². The van der Waals surface area contributed by atoms with Gasteiger partial charge in [0.15, 0.2) is 0 Å². The van der Waals surface area contributed by atoms with Gasteiger partial charge in [0.2, 0.25) is 0 Å². The summed E-state index contributed by atoms with van der Waals surface area (Å²) in [6.45, 7) is 0. The Morgan fingerprint density at radius 2 is 1.07 bits per heavy atom. The predicted molar refractivity (Wildman–Crippen MR) is 118 cm³/mol. The van der Waals surface area contributed by atoms with Gasteiger partial charge in [-0.25, -0.2) is 0 Å². The Balaban J connectivity index is 1.86. The van der Waals surface area contributed by atoms with Gasteiger partial charge in [-0.15, -0.1) is 0 Å². The summed E-state index contributed by atoms with van der Waals surface area (Å²) in [7, 11) is 0. The third kappa shape index (κ3) is 2.63. The van der Waals surface area contributed by atoms with Crippen molar-refractivity contribution < 1.29 is 4.79 Å². The van der Waals surface area contributed by atoms with Crippen LogP contribution in [-0.2, 0) is 4.79 Å². The molecule has 0 saturated heterocycles. The molecule has 0 heterocycles. The van der Waals surface area contributed by atoms with Crippen LogP contribution in [0.2, 0.25) is 3.93 Å². The summed E-state index contributed by atoms with van der Waals surface area (Å²) >= 11 is -3.47. The summed E-state index contributed by atoms with van der Waals surface area (Å²) in [6, 6.07) is 33.3. The normalized spacial score (nSPS) is 25.7. The number of carbonyl (C=O) groups is 1. The minimum atomic E-state index is -3.47. The third-order valence-corrected chi connectivity index (χ3v) is 22.7. The number of fused-ring (bicyclic) bond motifs is 2. The van der Waals surface area contributed by atoms with Gasteiger partial charge < -0.3 is 0 Å². The molecule has 3 aromatic rings. The van der Waals surface area contributed by atoms with E-state index in [0.717, 1.165) is 6.42 Å². The molecular weight excluding hydrogens is 447 g/mol. The monoisotopic (exact) mass is 472 g/mol. The van der Waals surface area contributed by atoms with Crippen LogP contribution in [0.5, 0.6) is 0 Å². The molecule has 1 saturated carbocycles. The second-order valence-corrected chi connectivity index (χ2v) is 19.6. The molecule has 0 radical (unpaired) electrons. The number of carbonyl (C=O) groups excluding carboxylic acids is 1. The maximum atomic E-state index is 12.3. The van der Waals surface area contributed by atoms with Crippen molar-refractivity contribution in [2.24, 2.45) is 17.8 Å². The molecule has 4 atom stereocenters. The van der Waals surface area contributed by atoms with Crippen LogP contribution in [0.25, 0.3) is 0 Å². The van der Waals surface area contributed by atoms with Gasteiger partial charge in [0.05, 0.1) is 0 Å². The second-order valence-electron chi connectivity index (χ2n) is 8.09. The minimum absolute atomic E-state index is 0.131. The molecule has 138 valence electrons. The zero-order valence-electron chi connectivity index (χ0n) is 15.8. The van der Waals surface area contributed by atoms with Crippen LogP contribution in [-0.4, -0.2) is 24.7 Å². The molecule has 0 spiro atoms. The van der Waals surface area contributed by atoms with Crippen LogP contribution in [0.3, 0.4) is 0 Å². The second kappa shape index (κ2) is 7.36. The fourth-order valence-electron chi connectivity index (χ4n) is 5.84. The first-order chi connectivity index (χ1) is 13.9. The molecule has 1 fully saturated rings. The van der Waals surface area contributed by atoms with E-state index in [2.05, 4.69) is 103 Å². The molecule has 3 aromatic carbocycles. The molecule has 0 aliphatic heterocycles. The van der Waals surface area contributed by atoms with Gasteiger partial charge in [0.1, 0.15) is 0 Å². The summed E-state index contributed by atoms with van der Waals surface area (Å²) in [5.74, 6) is 1.06. The van der Waals surface area contributed by atoms with Gasteiger partial charge in [-0.2, -0.15) is 0 Å². The van der Waals surface area contributed by atoms with Crippen molar-refractivity contribution in [1.82, 2.24) is 0 Å². The van der Waals surface area contributed by atoms with Gasteiger partial charge >= 0.3 is 171 Å². The average molecular weight is 471 g/mol. The molecule has 0 amide bonds. The van der Waals surface area contributed by atoms with Crippen molar-refractivity contribution in [1.29, 1.82) is 0 Å². The summed E-state index contributed by atoms with van der Waals surface area (Å²) in [5, 5.41) is 0. The molecule has 2 aliphatic carbocycles. The van der Waals surface area contributed by atoms with E-state index in [4.69, 9.17) is 0 Å². The molecule has 28 heavy (non-hydrogen) atoms. The topological polar surface area (TPSA) is 17.1 Å². The van der Waals surface area contributed by atoms with Crippen LogP contribution in [0, 0.1) is 17.8 Å². The molecule has 2 bridgehead atoms. The Morgan fingerprint density at radius 1 is 0.643 bits per heavy atom. The molecule has 2 heteroatoms. The van der Waals surface area contributed by atoms with Gasteiger partial charge in [-0.3, -0.25) is 0 Å². The number of benzene rings is 3. The van der Waals surface area contributed by atoms with Crippen molar-refractivity contribution in [3.63, 3.8) is 0 Å². The number of hydrogen-bond acceptors (Lipinski definition) is 1. The van der Waals surface area contributed by atoms with Crippen molar-refractivity contribution in [2.45, 2.75) is 10.4 Å². The van der Waals surface area contributed by atoms with Crippen molar-refractivity contribution >= 4 is 35.4 Å². The first-order valence-electron chi connectivity index (χ1n) is 10.2. The quantitative estimate of drug-likeness (QED) is 0.316. The summed E-state index contributed by atoms with van der Waals surface area (Å²) in [4.78, 5) is 12.3. The van der Waals surface area contributed by atoms with Crippen LogP contribution >= 0.6 is 0 Å².